The molecule has 4 N–H and O–H groups in total. The normalized spacial score (nSPS) is 16.0. The van der Waals surface area contributed by atoms with Crippen LogP contribution in [0, 0.1) is 5.92 Å². The Morgan fingerprint density at radius 3 is 2.48 bits per heavy atom. The van der Waals surface area contributed by atoms with E-state index in [0.717, 1.165) is 17.9 Å². The lowest BCUT2D eigenvalue weighted by Crippen LogP contribution is -2.48. The molecule has 0 aliphatic heterocycles. The Kier molecular flexibility index (Phi) is 7.57. The molecule has 2 amide bonds. The molecule has 1 atom stereocenters. The number of nitrogens with one attached hydrogen (secondary N) is 2. The van der Waals surface area contributed by atoms with Gasteiger partial charge in [0.05, 0.1) is 7.11 Å². The Labute approximate surface area is 149 Å². The van der Waals surface area contributed by atoms with Crippen molar-refractivity contribution in [2.24, 2.45) is 11.7 Å². The highest BCUT2D eigenvalue weighted by atomic mass is 16.5. The fourth-order valence-corrected chi connectivity index (χ4v) is 3.23. The molecule has 0 aromatic heterocycles. The number of carbonyl (C=O) groups is 2. The van der Waals surface area contributed by atoms with Gasteiger partial charge in [-0.25, -0.2) is 0 Å². The zero-order chi connectivity index (χ0) is 18.1. The summed E-state index contributed by atoms with van der Waals surface area (Å²) in [7, 11) is 1.61. The molecule has 2 rings (SSSR count). The molecule has 0 spiro atoms. The molecule has 1 saturated carbocycles. The van der Waals surface area contributed by atoms with Gasteiger partial charge in [-0.15, -0.1) is 0 Å². The second-order valence-electron chi connectivity index (χ2n) is 6.67. The second kappa shape index (κ2) is 9.91. The fraction of sp³-hybridized carbons (Fsp3) is 0.579. The van der Waals surface area contributed by atoms with Crippen LogP contribution in [0.25, 0.3) is 0 Å². The largest absolute Gasteiger partial charge is 0.497 e. The molecule has 1 unspecified atom stereocenters. The molecule has 0 saturated heterocycles. The predicted molar refractivity (Wildman–Crippen MR) is 98.4 cm³/mol. The van der Waals surface area contributed by atoms with Gasteiger partial charge < -0.3 is 21.1 Å². The maximum atomic E-state index is 12.1. The third-order valence-corrected chi connectivity index (χ3v) is 4.78. The van der Waals surface area contributed by atoms with Crippen LogP contribution in [0.2, 0.25) is 0 Å². The summed E-state index contributed by atoms with van der Waals surface area (Å²) < 4.78 is 5.10. The van der Waals surface area contributed by atoms with Crippen LogP contribution >= 0.6 is 0 Å². The van der Waals surface area contributed by atoms with E-state index in [2.05, 4.69) is 10.6 Å². The van der Waals surface area contributed by atoms with Gasteiger partial charge in [0.25, 0.3) is 0 Å². The van der Waals surface area contributed by atoms with E-state index in [-0.39, 0.29) is 12.5 Å². The molecule has 1 aromatic rings. The van der Waals surface area contributed by atoms with Crippen LogP contribution in [-0.4, -0.2) is 31.5 Å². The Hall–Kier alpha value is -2.24. The predicted octanol–water partition coefficient (Wildman–Crippen LogP) is 2.44. The van der Waals surface area contributed by atoms with E-state index in [4.69, 9.17) is 10.5 Å². The summed E-state index contributed by atoms with van der Waals surface area (Å²) in [6.45, 7) is 0.261. The van der Waals surface area contributed by atoms with Gasteiger partial charge in [0.2, 0.25) is 11.8 Å². The van der Waals surface area contributed by atoms with Gasteiger partial charge in [-0.1, -0.05) is 32.1 Å². The van der Waals surface area contributed by atoms with Crippen LogP contribution in [0.5, 0.6) is 5.75 Å². The Bertz CT molecular complexity index is 554. The summed E-state index contributed by atoms with van der Waals surface area (Å²) in [5.41, 5.74) is 6.26. The van der Waals surface area contributed by atoms with Gasteiger partial charge in [0, 0.05) is 18.7 Å². The SMILES string of the molecule is COc1ccc(NCC(NC(=O)CCC2CCCCC2)C(N)=O)cc1. The summed E-state index contributed by atoms with van der Waals surface area (Å²) in [6.07, 6.45) is 7.62. The summed E-state index contributed by atoms with van der Waals surface area (Å²) >= 11 is 0. The molecular weight excluding hydrogens is 318 g/mol. The first-order valence-corrected chi connectivity index (χ1v) is 9.05. The van der Waals surface area contributed by atoms with Crippen LogP contribution < -0.4 is 21.1 Å². The number of carbonyl (C=O) groups excluding carboxylic acids is 2. The number of anilines is 1. The molecule has 25 heavy (non-hydrogen) atoms. The maximum absolute atomic E-state index is 12.1. The molecule has 0 radical (unpaired) electrons. The molecule has 1 aliphatic rings. The number of nitrogens with two attached hydrogens (primary N) is 1. The van der Waals surface area contributed by atoms with Crippen molar-refractivity contribution < 1.29 is 14.3 Å². The number of hydrogen-bond donors (Lipinski definition) is 3. The van der Waals surface area contributed by atoms with E-state index >= 15 is 0 Å². The zero-order valence-corrected chi connectivity index (χ0v) is 14.9. The topological polar surface area (TPSA) is 93.4 Å². The molecule has 6 nitrogen and oxygen atoms in total. The zero-order valence-electron chi connectivity index (χ0n) is 14.9. The third kappa shape index (κ3) is 6.64. The second-order valence-corrected chi connectivity index (χ2v) is 6.67. The van der Waals surface area contributed by atoms with E-state index in [1.54, 1.807) is 7.11 Å². The highest BCUT2D eigenvalue weighted by Crippen LogP contribution is 2.27. The van der Waals surface area contributed by atoms with Crippen LogP contribution in [0.3, 0.4) is 0 Å². The molecule has 1 aliphatic carbocycles. The van der Waals surface area contributed by atoms with Gasteiger partial charge in [0.1, 0.15) is 11.8 Å². The van der Waals surface area contributed by atoms with Crippen molar-refractivity contribution in [2.75, 3.05) is 19.0 Å². The highest BCUT2D eigenvalue weighted by molar-refractivity contribution is 5.87. The molecular formula is C19H29N3O3. The quantitative estimate of drug-likeness (QED) is 0.639. The number of hydrogen-bond acceptors (Lipinski definition) is 4. The number of ether oxygens (including phenoxy) is 1. The van der Waals surface area contributed by atoms with Crippen molar-refractivity contribution in [3.8, 4) is 5.75 Å². The van der Waals surface area contributed by atoms with Crippen molar-refractivity contribution in [1.82, 2.24) is 5.32 Å². The van der Waals surface area contributed by atoms with Gasteiger partial charge in [0.15, 0.2) is 0 Å². The van der Waals surface area contributed by atoms with Crippen molar-refractivity contribution in [1.29, 1.82) is 0 Å². The van der Waals surface area contributed by atoms with Crippen molar-refractivity contribution >= 4 is 17.5 Å². The number of primary amides is 1. The number of benzene rings is 1. The minimum atomic E-state index is -0.721. The lowest BCUT2D eigenvalue weighted by molar-refractivity contribution is -0.127. The summed E-state index contributed by atoms with van der Waals surface area (Å²) in [4.78, 5) is 23.7. The average molecular weight is 347 g/mol. The average Bonchev–Trinajstić information content (AvgIpc) is 2.64. The van der Waals surface area contributed by atoms with Gasteiger partial charge >= 0.3 is 0 Å². The van der Waals surface area contributed by atoms with Crippen LogP contribution in [0.1, 0.15) is 44.9 Å². The minimum absolute atomic E-state index is 0.106. The highest BCUT2D eigenvalue weighted by Gasteiger charge is 2.19. The molecule has 0 heterocycles. The van der Waals surface area contributed by atoms with E-state index in [1.807, 2.05) is 24.3 Å². The Morgan fingerprint density at radius 1 is 1.20 bits per heavy atom. The Morgan fingerprint density at radius 2 is 1.88 bits per heavy atom. The van der Waals surface area contributed by atoms with Gasteiger partial charge in [-0.2, -0.15) is 0 Å². The van der Waals surface area contributed by atoms with Crippen molar-refractivity contribution in [2.45, 2.75) is 51.0 Å². The molecule has 0 bridgehead atoms. The summed E-state index contributed by atoms with van der Waals surface area (Å²) in [6, 6.07) is 6.62. The lowest BCUT2D eigenvalue weighted by atomic mass is 9.86. The van der Waals surface area contributed by atoms with Gasteiger partial charge in [-0.05, 0) is 36.6 Å². The van der Waals surface area contributed by atoms with Crippen LogP contribution in [0.15, 0.2) is 24.3 Å². The first-order chi connectivity index (χ1) is 12.1. The Balaban J connectivity index is 1.76. The number of rotatable bonds is 9. The van der Waals surface area contributed by atoms with Gasteiger partial charge in [-0.3, -0.25) is 9.59 Å². The first-order valence-electron chi connectivity index (χ1n) is 9.05. The fourth-order valence-electron chi connectivity index (χ4n) is 3.23. The standard InChI is InChI=1S/C19H29N3O3/c1-25-16-10-8-15(9-11-16)21-13-17(19(20)24)22-18(23)12-7-14-5-3-2-4-6-14/h8-11,14,17,21H,2-7,12-13H2,1H3,(H2,20,24)(H,22,23). The summed E-state index contributed by atoms with van der Waals surface area (Å²) in [5.74, 6) is 0.759. The third-order valence-electron chi connectivity index (χ3n) is 4.78. The van der Waals surface area contributed by atoms with E-state index in [1.165, 1.54) is 32.1 Å². The van der Waals surface area contributed by atoms with Crippen molar-refractivity contribution in [3.05, 3.63) is 24.3 Å². The van der Waals surface area contributed by atoms with E-state index in [9.17, 15) is 9.59 Å². The van der Waals surface area contributed by atoms with Crippen molar-refractivity contribution in [3.63, 3.8) is 0 Å². The smallest absolute Gasteiger partial charge is 0.241 e. The minimum Gasteiger partial charge on any atom is -0.497 e. The first kappa shape index (κ1) is 19.1. The maximum Gasteiger partial charge on any atom is 0.241 e. The molecule has 138 valence electrons. The van der Waals surface area contributed by atoms with E-state index in [0.29, 0.717) is 12.3 Å². The number of amides is 2. The lowest BCUT2D eigenvalue weighted by Gasteiger charge is -2.22. The molecule has 1 fully saturated rings. The monoisotopic (exact) mass is 347 g/mol. The summed E-state index contributed by atoms with van der Waals surface area (Å²) in [5, 5.41) is 5.87. The number of methoxy groups -OCH3 is 1. The molecule has 6 heteroatoms. The van der Waals surface area contributed by atoms with Crippen LogP contribution in [0.4, 0.5) is 5.69 Å². The van der Waals surface area contributed by atoms with E-state index < -0.39 is 11.9 Å². The van der Waals surface area contributed by atoms with Crippen LogP contribution in [-0.2, 0) is 9.59 Å². The molecule has 1 aromatic carbocycles.